The zero-order chi connectivity index (χ0) is 16.8. The molecule has 0 heterocycles. The first kappa shape index (κ1) is 17.8. The molecule has 0 saturated heterocycles. The van der Waals surface area contributed by atoms with Gasteiger partial charge in [0.15, 0.2) is 0 Å². The van der Waals surface area contributed by atoms with Crippen LogP contribution in [0.1, 0.15) is 38.8 Å². The number of amides is 1. The van der Waals surface area contributed by atoms with Crippen LogP contribution in [0.3, 0.4) is 0 Å². The summed E-state index contributed by atoms with van der Waals surface area (Å²) in [5.41, 5.74) is 1.69. The molecule has 1 N–H and O–H groups in total. The standard InChI is InChI=1S/C17H23NO4/c1-6-21-15(19)10-9-13-8-7-12(2)11-14(13)18-16(20)22-17(3,4)5/h7-11H,6H2,1-5H3,(H,18,20)/b10-9+. The van der Waals surface area contributed by atoms with Gasteiger partial charge in [-0.05, 0) is 57.9 Å². The van der Waals surface area contributed by atoms with Crippen LogP contribution in [0.2, 0.25) is 0 Å². The van der Waals surface area contributed by atoms with Crippen LogP contribution >= 0.6 is 0 Å². The first-order valence-electron chi connectivity index (χ1n) is 7.17. The highest BCUT2D eigenvalue weighted by Crippen LogP contribution is 2.20. The number of carbonyl (C=O) groups is 2. The topological polar surface area (TPSA) is 64.6 Å². The van der Waals surface area contributed by atoms with Crippen LogP contribution in [0, 0.1) is 6.92 Å². The van der Waals surface area contributed by atoms with Gasteiger partial charge < -0.3 is 9.47 Å². The van der Waals surface area contributed by atoms with Gasteiger partial charge in [-0.15, -0.1) is 0 Å². The molecule has 0 radical (unpaired) electrons. The Kier molecular flexibility index (Phi) is 6.16. The molecular formula is C17H23NO4. The van der Waals surface area contributed by atoms with E-state index in [1.54, 1.807) is 33.8 Å². The first-order chi connectivity index (χ1) is 10.2. The van der Waals surface area contributed by atoms with Crippen molar-refractivity contribution in [3.8, 4) is 0 Å². The summed E-state index contributed by atoms with van der Waals surface area (Å²) in [6.07, 6.45) is 2.39. The van der Waals surface area contributed by atoms with Crippen molar-refractivity contribution >= 4 is 23.8 Å². The van der Waals surface area contributed by atoms with Gasteiger partial charge in [0.05, 0.1) is 12.3 Å². The highest BCUT2D eigenvalue weighted by atomic mass is 16.6. The van der Waals surface area contributed by atoms with Gasteiger partial charge in [-0.1, -0.05) is 12.1 Å². The van der Waals surface area contributed by atoms with Crippen molar-refractivity contribution in [1.29, 1.82) is 0 Å². The molecule has 1 aromatic rings. The summed E-state index contributed by atoms with van der Waals surface area (Å²) in [5.74, 6) is -0.425. The zero-order valence-corrected chi connectivity index (χ0v) is 13.7. The maximum absolute atomic E-state index is 11.9. The minimum Gasteiger partial charge on any atom is -0.463 e. The molecule has 5 nitrogen and oxygen atoms in total. The lowest BCUT2D eigenvalue weighted by Crippen LogP contribution is -2.27. The van der Waals surface area contributed by atoms with Crippen molar-refractivity contribution in [2.75, 3.05) is 11.9 Å². The normalized spacial score (nSPS) is 11.3. The Morgan fingerprint density at radius 1 is 1.27 bits per heavy atom. The summed E-state index contributed by atoms with van der Waals surface area (Å²) < 4.78 is 10.1. The molecule has 22 heavy (non-hydrogen) atoms. The van der Waals surface area contributed by atoms with Crippen LogP contribution in [0.5, 0.6) is 0 Å². The Balaban J connectivity index is 2.91. The number of hydrogen-bond donors (Lipinski definition) is 1. The van der Waals surface area contributed by atoms with E-state index in [2.05, 4.69) is 5.32 Å². The van der Waals surface area contributed by atoms with E-state index in [4.69, 9.17) is 9.47 Å². The summed E-state index contributed by atoms with van der Waals surface area (Å²) in [6, 6.07) is 5.53. The van der Waals surface area contributed by atoms with E-state index in [-0.39, 0.29) is 0 Å². The van der Waals surface area contributed by atoms with Crippen LogP contribution < -0.4 is 5.32 Å². The van der Waals surface area contributed by atoms with Crippen LogP contribution in [-0.2, 0) is 14.3 Å². The van der Waals surface area contributed by atoms with Crippen molar-refractivity contribution in [3.05, 3.63) is 35.4 Å². The molecule has 0 bridgehead atoms. The second-order valence-electron chi connectivity index (χ2n) is 5.80. The van der Waals surface area contributed by atoms with Gasteiger partial charge >= 0.3 is 12.1 Å². The number of benzene rings is 1. The van der Waals surface area contributed by atoms with Gasteiger partial charge in [-0.25, -0.2) is 9.59 Å². The van der Waals surface area contributed by atoms with E-state index in [0.29, 0.717) is 17.9 Å². The first-order valence-corrected chi connectivity index (χ1v) is 7.17. The lowest BCUT2D eigenvalue weighted by molar-refractivity contribution is -0.137. The predicted octanol–water partition coefficient (Wildman–Crippen LogP) is 3.92. The molecule has 0 spiro atoms. The molecule has 5 heteroatoms. The zero-order valence-electron chi connectivity index (χ0n) is 13.7. The number of nitrogens with one attached hydrogen (secondary N) is 1. The second-order valence-corrected chi connectivity index (χ2v) is 5.80. The van der Waals surface area contributed by atoms with Gasteiger partial charge in [-0.3, -0.25) is 5.32 Å². The third-order valence-corrected chi connectivity index (χ3v) is 2.53. The lowest BCUT2D eigenvalue weighted by atomic mass is 10.1. The van der Waals surface area contributed by atoms with Gasteiger partial charge in [-0.2, -0.15) is 0 Å². The fraction of sp³-hybridized carbons (Fsp3) is 0.412. The fourth-order valence-corrected chi connectivity index (χ4v) is 1.69. The van der Waals surface area contributed by atoms with Crippen molar-refractivity contribution in [2.45, 2.75) is 40.2 Å². The molecule has 0 aliphatic rings. The smallest absolute Gasteiger partial charge is 0.412 e. The molecule has 1 amide bonds. The largest absolute Gasteiger partial charge is 0.463 e. The number of carbonyl (C=O) groups excluding carboxylic acids is 2. The van der Waals surface area contributed by atoms with E-state index in [9.17, 15) is 9.59 Å². The van der Waals surface area contributed by atoms with E-state index in [1.807, 2.05) is 25.1 Å². The van der Waals surface area contributed by atoms with Gasteiger partial charge in [0, 0.05) is 6.08 Å². The summed E-state index contributed by atoms with van der Waals surface area (Å²) in [4.78, 5) is 23.3. The lowest BCUT2D eigenvalue weighted by Gasteiger charge is -2.20. The molecule has 120 valence electrons. The minimum atomic E-state index is -0.575. The summed E-state index contributed by atoms with van der Waals surface area (Å²) in [6.45, 7) is 9.37. The Bertz CT molecular complexity index is 571. The highest BCUT2D eigenvalue weighted by Gasteiger charge is 2.17. The van der Waals surface area contributed by atoms with Gasteiger partial charge in [0.25, 0.3) is 0 Å². The van der Waals surface area contributed by atoms with Crippen LogP contribution in [0.25, 0.3) is 6.08 Å². The average molecular weight is 305 g/mol. The van der Waals surface area contributed by atoms with Gasteiger partial charge in [0.1, 0.15) is 5.60 Å². The Morgan fingerprint density at radius 3 is 2.55 bits per heavy atom. The molecule has 1 rings (SSSR count). The van der Waals surface area contributed by atoms with Gasteiger partial charge in [0.2, 0.25) is 0 Å². The fourth-order valence-electron chi connectivity index (χ4n) is 1.69. The average Bonchev–Trinajstić information content (AvgIpc) is 2.35. The maximum Gasteiger partial charge on any atom is 0.412 e. The number of hydrogen-bond acceptors (Lipinski definition) is 4. The molecule has 0 fully saturated rings. The van der Waals surface area contributed by atoms with E-state index >= 15 is 0 Å². The SMILES string of the molecule is CCOC(=O)/C=C/c1ccc(C)cc1NC(=O)OC(C)(C)C. The minimum absolute atomic E-state index is 0.320. The molecule has 0 aliphatic heterocycles. The monoisotopic (exact) mass is 305 g/mol. The molecule has 0 saturated carbocycles. The van der Waals surface area contributed by atoms with E-state index in [0.717, 1.165) is 5.56 Å². The predicted molar refractivity (Wildman–Crippen MR) is 86.7 cm³/mol. The highest BCUT2D eigenvalue weighted by molar-refractivity contribution is 5.92. The van der Waals surface area contributed by atoms with Crippen molar-refractivity contribution < 1.29 is 19.1 Å². The maximum atomic E-state index is 11.9. The molecule has 0 aromatic heterocycles. The molecule has 1 aromatic carbocycles. The molecule has 0 unspecified atom stereocenters. The number of anilines is 1. The van der Waals surface area contributed by atoms with Crippen molar-refractivity contribution in [3.63, 3.8) is 0 Å². The third kappa shape index (κ3) is 6.43. The van der Waals surface area contributed by atoms with Crippen LogP contribution in [-0.4, -0.2) is 24.3 Å². The van der Waals surface area contributed by atoms with Crippen molar-refractivity contribution in [1.82, 2.24) is 0 Å². The Labute approximate surface area is 131 Å². The summed E-state index contributed by atoms with van der Waals surface area (Å²) in [5, 5.41) is 2.70. The van der Waals surface area contributed by atoms with E-state index in [1.165, 1.54) is 6.08 Å². The molecule has 0 aliphatic carbocycles. The van der Waals surface area contributed by atoms with E-state index < -0.39 is 17.7 Å². The molecule has 0 atom stereocenters. The van der Waals surface area contributed by atoms with Crippen LogP contribution in [0.4, 0.5) is 10.5 Å². The van der Waals surface area contributed by atoms with Crippen LogP contribution in [0.15, 0.2) is 24.3 Å². The molecular weight excluding hydrogens is 282 g/mol. The van der Waals surface area contributed by atoms with Crippen molar-refractivity contribution in [2.24, 2.45) is 0 Å². The number of aryl methyl sites for hydroxylation is 1. The number of esters is 1. The summed E-state index contributed by atoms with van der Waals surface area (Å²) >= 11 is 0. The Hall–Kier alpha value is -2.30. The third-order valence-electron chi connectivity index (χ3n) is 2.53. The number of rotatable bonds is 4. The Morgan fingerprint density at radius 2 is 1.95 bits per heavy atom. The summed E-state index contributed by atoms with van der Waals surface area (Å²) in [7, 11) is 0. The number of ether oxygens (including phenoxy) is 2. The second kappa shape index (κ2) is 7.64. The quantitative estimate of drug-likeness (QED) is 0.676.